The summed E-state index contributed by atoms with van der Waals surface area (Å²) in [5, 5.41) is 0. The first-order chi connectivity index (χ1) is 9.15. The molecule has 1 aromatic rings. The van der Waals surface area contributed by atoms with E-state index >= 15 is 0 Å². The highest BCUT2D eigenvalue weighted by molar-refractivity contribution is 5.82. The molecule has 0 radical (unpaired) electrons. The Morgan fingerprint density at radius 3 is 2.79 bits per heavy atom. The summed E-state index contributed by atoms with van der Waals surface area (Å²) >= 11 is 0. The van der Waals surface area contributed by atoms with E-state index in [4.69, 9.17) is 0 Å². The summed E-state index contributed by atoms with van der Waals surface area (Å²) in [5.74, 6) is 0.265. The smallest absolute Gasteiger partial charge is 0.241 e. The maximum absolute atomic E-state index is 12.2. The number of hydrogen-bond donors (Lipinski definition) is 0. The first-order valence-corrected chi connectivity index (χ1v) is 6.82. The van der Waals surface area contributed by atoms with Gasteiger partial charge in [-0.1, -0.05) is 0 Å². The number of aromatic nitrogens is 2. The summed E-state index contributed by atoms with van der Waals surface area (Å²) in [7, 11) is 3.91. The second kappa shape index (κ2) is 4.94. The molecule has 0 saturated carbocycles. The van der Waals surface area contributed by atoms with Gasteiger partial charge in [0.2, 0.25) is 5.91 Å². The van der Waals surface area contributed by atoms with E-state index < -0.39 is 0 Å². The molecule has 19 heavy (non-hydrogen) atoms. The predicted molar refractivity (Wildman–Crippen MR) is 71.5 cm³/mol. The van der Waals surface area contributed by atoms with Gasteiger partial charge in [-0.05, 0) is 0 Å². The minimum Gasteiger partial charge on any atom is -0.343 e. The highest BCUT2D eigenvalue weighted by Crippen LogP contribution is 2.17. The van der Waals surface area contributed by atoms with Crippen molar-refractivity contribution in [3.8, 4) is 0 Å². The van der Waals surface area contributed by atoms with Gasteiger partial charge in [0.15, 0.2) is 0 Å². The topological polar surface area (TPSA) is 44.6 Å². The van der Waals surface area contributed by atoms with Crippen molar-refractivity contribution in [3.05, 3.63) is 18.2 Å². The lowest BCUT2D eigenvalue weighted by atomic mass is 10.1. The normalized spacial score (nSPS) is 25.7. The van der Waals surface area contributed by atoms with Crippen LogP contribution in [0.5, 0.6) is 0 Å². The molecule has 0 aromatic carbocycles. The van der Waals surface area contributed by atoms with Crippen LogP contribution in [0.3, 0.4) is 0 Å². The van der Waals surface area contributed by atoms with Crippen LogP contribution in [0.4, 0.5) is 0 Å². The molecule has 0 spiro atoms. The molecule has 6 heteroatoms. The van der Waals surface area contributed by atoms with Crippen LogP contribution in [-0.2, 0) is 18.4 Å². The lowest BCUT2D eigenvalue weighted by Gasteiger charge is -2.45. The van der Waals surface area contributed by atoms with Crippen LogP contribution in [-0.4, -0.2) is 76.0 Å². The summed E-state index contributed by atoms with van der Waals surface area (Å²) in [6, 6.07) is 0.0423. The standard InChI is InChI=1S/C13H21N5O/c1-15-3-5-18-6-4-17(9-12(18)13(15)19)8-11-7-14-10-16(11)2/h7,10,12H,3-6,8-9H2,1-2H3/t12-/m0/s1. The average Bonchev–Trinajstić information content (AvgIpc) is 2.80. The molecule has 0 aliphatic carbocycles. The first-order valence-electron chi connectivity index (χ1n) is 6.82. The summed E-state index contributed by atoms with van der Waals surface area (Å²) in [6.45, 7) is 5.58. The molecule has 0 N–H and O–H groups in total. The van der Waals surface area contributed by atoms with Crippen LogP contribution >= 0.6 is 0 Å². The van der Waals surface area contributed by atoms with Gasteiger partial charge in [0, 0.05) is 59.6 Å². The highest BCUT2D eigenvalue weighted by Gasteiger charge is 2.37. The number of carbonyl (C=O) groups excluding carboxylic acids is 1. The van der Waals surface area contributed by atoms with E-state index in [0.29, 0.717) is 0 Å². The quantitative estimate of drug-likeness (QED) is 0.713. The fraction of sp³-hybridized carbons (Fsp3) is 0.692. The number of fused-ring (bicyclic) bond motifs is 1. The van der Waals surface area contributed by atoms with Crippen LogP contribution < -0.4 is 0 Å². The molecule has 2 fully saturated rings. The van der Waals surface area contributed by atoms with Crippen LogP contribution in [0.2, 0.25) is 0 Å². The van der Waals surface area contributed by atoms with Crippen molar-refractivity contribution < 1.29 is 4.79 Å². The second-order valence-corrected chi connectivity index (χ2v) is 5.54. The van der Waals surface area contributed by atoms with Crippen LogP contribution in [0, 0.1) is 0 Å². The molecule has 2 saturated heterocycles. The predicted octanol–water partition coefficient (Wildman–Crippen LogP) is -0.622. The largest absolute Gasteiger partial charge is 0.343 e. The van der Waals surface area contributed by atoms with Gasteiger partial charge >= 0.3 is 0 Å². The lowest BCUT2D eigenvalue weighted by Crippen LogP contribution is -2.63. The third-order valence-electron chi connectivity index (χ3n) is 4.26. The zero-order valence-electron chi connectivity index (χ0n) is 11.6. The van der Waals surface area contributed by atoms with E-state index in [2.05, 4.69) is 14.8 Å². The number of imidazole rings is 1. The van der Waals surface area contributed by atoms with Crippen molar-refractivity contribution >= 4 is 5.91 Å². The van der Waals surface area contributed by atoms with Gasteiger partial charge in [-0.2, -0.15) is 0 Å². The molecule has 1 atom stereocenters. The van der Waals surface area contributed by atoms with E-state index in [9.17, 15) is 4.79 Å². The molecule has 6 nitrogen and oxygen atoms in total. The molecule has 3 rings (SSSR count). The zero-order chi connectivity index (χ0) is 13.4. The summed E-state index contributed by atoms with van der Waals surface area (Å²) in [5.41, 5.74) is 1.20. The second-order valence-electron chi connectivity index (χ2n) is 5.54. The van der Waals surface area contributed by atoms with Gasteiger partial charge in [-0.15, -0.1) is 0 Å². The molecule has 104 valence electrons. The van der Waals surface area contributed by atoms with E-state index in [1.165, 1.54) is 5.69 Å². The van der Waals surface area contributed by atoms with Gasteiger partial charge in [-0.25, -0.2) is 4.98 Å². The number of likely N-dealkylation sites (N-methyl/N-ethyl adjacent to an activating group) is 1. The Morgan fingerprint density at radius 2 is 2.05 bits per heavy atom. The number of hydrogen-bond acceptors (Lipinski definition) is 4. The average molecular weight is 263 g/mol. The Morgan fingerprint density at radius 1 is 1.26 bits per heavy atom. The van der Waals surface area contributed by atoms with Crippen LogP contribution in [0.25, 0.3) is 0 Å². The van der Waals surface area contributed by atoms with Gasteiger partial charge < -0.3 is 9.47 Å². The minimum absolute atomic E-state index is 0.0423. The third-order valence-corrected chi connectivity index (χ3v) is 4.26. The molecule has 0 unspecified atom stereocenters. The van der Waals surface area contributed by atoms with Gasteiger partial charge in [0.25, 0.3) is 0 Å². The van der Waals surface area contributed by atoms with Crippen molar-refractivity contribution in [1.82, 2.24) is 24.3 Å². The highest BCUT2D eigenvalue weighted by atomic mass is 16.2. The number of rotatable bonds is 2. The summed E-state index contributed by atoms with van der Waals surface area (Å²) < 4.78 is 2.04. The van der Waals surface area contributed by atoms with Gasteiger partial charge in [0.05, 0.1) is 12.0 Å². The Labute approximate surface area is 113 Å². The Hall–Kier alpha value is -1.40. The lowest BCUT2D eigenvalue weighted by molar-refractivity contribution is -0.143. The van der Waals surface area contributed by atoms with Crippen molar-refractivity contribution in [3.63, 3.8) is 0 Å². The zero-order valence-corrected chi connectivity index (χ0v) is 11.6. The fourth-order valence-corrected chi connectivity index (χ4v) is 2.93. The molecular formula is C13H21N5O. The minimum atomic E-state index is 0.0423. The first kappa shape index (κ1) is 12.6. The molecule has 2 aliphatic heterocycles. The Bertz CT molecular complexity index is 471. The van der Waals surface area contributed by atoms with E-state index in [-0.39, 0.29) is 11.9 Å². The maximum Gasteiger partial charge on any atom is 0.241 e. The van der Waals surface area contributed by atoms with E-state index in [1.807, 2.05) is 36.1 Å². The van der Waals surface area contributed by atoms with Crippen molar-refractivity contribution in [2.24, 2.45) is 7.05 Å². The van der Waals surface area contributed by atoms with Crippen molar-refractivity contribution in [2.45, 2.75) is 12.6 Å². The molecule has 1 aromatic heterocycles. The number of piperazine rings is 2. The molecule has 1 amide bonds. The van der Waals surface area contributed by atoms with E-state index in [1.54, 1.807) is 0 Å². The number of nitrogens with zero attached hydrogens (tertiary/aromatic N) is 5. The monoisotopic (exact) mass is 263 g/mol. The molecular weight excluding hydrogens is 242 g/mol. The SMILES string of the molecule is CN1CCN2CCN(Cc3cncn3C)C[C@H]2C1=O. The van der Waals surface area contributed by atoms with Crippen molar-refractivity contribution in [2.75, 3.05) is 39.8 Å². The van der Waals surface area contributed by atoms with Crippen LogP contribution in [0.15, 0.2) is 12.5 Å². The molecule has 2 aliphatic rings. The molecule has 0 bridgehead atoms. The maximum atomic E-state index is 12.2. The fourth-order valence-electron chi connectivity index (χ4n) is 2.93. The number of carbonyl (C=O) groups is 1. The van der Waals surface area contributed by atoms with Gasteiger partial charge in [-0.3, -0.25) is 14.6 Å². The summed E-state index contributed by atoms with van der Waals surface area (Å²) in [4.78, 5) is 22.9. The summed E-state index contributed by atoms with van der Waals surface area (Å²) in [6.07, 6.45) is 3.73. The Balaban J connectivity index is 1.67. The number of amides is 1. The van der Waals surface area contributed by atoms with Crippen LogP contribution in [0.1, 0.15) is 5.69 Å². The van der Waals surface area contributed by atoms with E-state index in [0.717, 1.165) is 39.3 Å². The van der Waals surface area contributed by atoms with Gasteiger partial charge in [0.1, 0.15) is 6.04 Å². The Kier molecular flexibility index (Phi) is 3.28. The number of aryl methyl sites for hydroxylation is 1. The molecule has 3 heterocycles. The van der Waals surface area contributed by atoms with Crippen molar-refractivity contribution in [1.29, 1.82) is 0 Å². The third kappa shape index (κ3) is 2.37.